The van der Waals surface area contributed by atoms with Gasteiger partial charge < -0.3 is 15.3 Å². The molecule has 0 bridgehead atoms. The van der Waals surface area contributed by atoms with E-state index in [9.17, 15) is 14.7 Å². The minimum Gasteiger partial charge on any atom is -0.391 e. The smallest absolute Gasteiger partial charge is 0.248 e. The van der Waals surface area contributed by atoms with Crippen molar-refractivity contribution in [2.24, 2.45) is 5.92 Å². The molecule has 0 aliphatic carbocycles. The second-order valence-corrected chi connectivity index (χ2v) is 10.1. The van der Waals surface area contributed by atoms with E-state index in [1.54, 1.807) is 34.5 Å². The number of amides is 2. The number of carbonyl (C=O) groups is 2. The molecule has 0 radical (unpaired) electrons. The van der Waals surface area contributed by atoms with E-state index in [0.717, 1.165) is 27.3 Å². The fourth-order valence-electron chi connectivity index (χ4n) is 4.54. The summed E-state index contributed by atoms with van der Waals surface area (Å²) in [7, 11) is 0. The van der Waals surface area contributed by atoms with Crippen LogP contribution in [0, 0.1) is 19.8 Å². The number of aliphatic hydroxyl groups excluding tert-OH is 1. The highest BCUT2D eigenvalue weighted by Gasteiger charge is 2.42. The van der Waals surface area contributed by atoms with E-state index in [4.69, 9.17) is 0 Å². The second kappa shape index (κ2) is 10.1. The Bertz CT molecular complexity index is 1160. The highest BCUT2D eigenvalue weighted by molar-refractivity contribution is 7.13. The van der Waals surface area contributed by atoms with Crippen LogP contribution < -0.4 is 5.32 Å². The van der Waals surface area contributed by atoms with Crippen LogP contribution in [-0.2, 0) is 16.1 Å². The molecular formula is C25H31N5O3S. The van der Waals surface area contributed by atoms with Gasteiger partial charge in [0.25, 0.3) is 0 Å². The van der Waals surface area contributed by atoms with Crippen LogP contribution in [0.25, 0.3) is 10.4 Å². The first-order valence-corrected chi connectivity index (χ1v) is 12.4. The zero-order chi connectivity index (χ0) is 24.4. The maximum Gasteiger partial charge on any atom is 0.248 e. The maximum absolute atomic E-state index is 13.4. The molecule has 0 unspecified atom stereocenters. The Balaban J connectivity index is 1.45. The van der Waals surface area contributed by atoms with Crippen molar-refractivity contribution in [1.29, 1.82) is 0 Å². The Morgan fingerprint density at radius 2 is 2.09 bits per heavy atom. The molecule has 9 heteroatoms. The van der Waals surface area contributed by atoms with Crippen LogP contribution >= 0.6 is 11.3 Å². The van der Waals surface area contributed by atoms with Crippen molar-refractivity contribution in [1.82, 2.24) is 25.0 Å². The number of nitrogens with one attached hydrogen (secondary N) is 1. The Kier molecular flexibility index (Phi) is 7.13. The number of rotatable bonds is 7. The number of hydrogen-bond acceptors (Lipinski definition) is 6. The van der Waals surface area contributed by atoms with E-state index < -0.39 is 18.2 Å². The van der Waals surface area contributed by atoms with Crippen molar-refractivity contribution < 1.29 is 14.7 Å². The highest BCUT2D eigenvalue weighted by atomic mass is 32.1. The van der Waals surface area contributed by atoms with Gasteiger partial charge in [0.2, 0.25) is 11.8 Å². The fraction of sp³-hybridized carbons (Fsp3) is 0.440. The molecule has 2 amide bonds. The summed E-state index contributed by atoms with van der Waals surface area (Å²) in [4.78, 5) is 33.5. The monoisotopic (exact) mass is 481 g/mol. The molecule has 1 aromatic carbocycles. The largest absolute Gasteiger partial charge is 0.391 e. The summed E-state index contributed by atoms with van der Waals surface area (Å²) in [6, 6.07) is 6.70. The number of aromatic nitrogens is 3. The van der Waals surface area contributed by atoms with Gasteiger partial charge in [-0.15, -0.1) is 11.3 Å². The van der Waals surface area contributed by atoms with Gasteiger partial charge in [0, 0.05) is 31.9 Å². The number of hydrogen-bond donors (Lipinski definition) is 2. The van der Waals surface area contributed by atoms with Crippen molar-refractivity contribution >= 4 is 23.2 Å². The van der Waals surface area contributed by atoms with Gasteiger partial charge in [-0.05, 0) is 42.5 Å². The number of β-amino-alcohol motifs (C(OH)–C–C–N with tert-alkyl or cyclic N) is 1. The lowest BCUT2D eigenvalue weighted by atomic mass is 10.0. The van der Waals surface area contributed by atoms with Gasteiger partial charge in [0.1, 0.15) is 12.1 Å². The lowest BCUT2D eigenvalue weighted by molar-refractivity contribution is -0.142. The Labute approximate surface area is 203 Å². The predicted molar refractivity (Wildman–Crippen MR) is 131 cm³/mol. The fourth-order valence-corrected chi connectivity index (χ4v) is 5.34. The molecule has 4 rings (SSSR count). The SMILES string of the molecule is Cc1cc(-c2scnc2C)ccc1CNC(=O)[C@@H]1C[C@@H](O)CN1C(=O)[C@H](C(C)C)n1cccn1. The first-order chi connectivity index (χ1) is 16.3. The number of likely N-dealkylation sites (tertiary alicyclic amines) is 1. The number of aryl methyl sites for hydroxylation is 2. The number of benzene rings is 1. The van der Waals surface area contributed by atoms with E-state index in [1.807, 2.05) is 45.3 Å². The normalized spacial score (nSPS) is 18.9. The first-order valence-electron chi connectivity index (χ1n) is 11.5. The molecule has 0 saturated carbocycles. The molecule has 1 saturated heterocycles. The number of nitrogens with zero attached hydrogens (tertiary/aromatic N) is 4. The molecule has 2 N–H and O–H groups in total. The predicted octanol–water partition coefficient (Wildman–Crippen LogP) is 3.10. The van der Waals surface area contributed by atoms with Crippen molar-refractivity contribution in [2.75, 3.05) is 6.54 Å². The zero-order valence-electron chi connectivity index (χ0n) is 19.9. The number of aliphatic hydroxyl groups is 1. The van der Waals surface area contributed by atoms with Crippen LogP contribution in [0.2, 0.25) is 0 Å². The van der Waals surface area contributed by atoms with E-state index in [1.165, 1.54) is 4.90 Å². The van der Waals surface area contributed by atoms with Gasteiger partial charge in [-0.3, -0.25) is 14.3 Å². The molecule has 180 valence electrons. The molecule has 3 atom stereocenters. The zero-order valence-corrected chi connectivity index (χ0v) is 20.7. The first kappa shape index (κ1) is 24.1. The average Bonchev–Trinajstić information content (AvgIpc) is 3.54. The summed E-state index contributed by atoms with van der Waals surface area (Å²) in [5.41, 5.74) is 6.04. The lowest BCUT2D eigenvalue weighted by Gasteiger charge is -2.30. The third-order valence-corrected chi connectivity index (χ3v) is 7.34. The van der Waals surface area contributed by atoms with Crippen molar-refractivity contribution in [3.63, 3.8) is 0 Å². The van der Waals surface area contributed by atoms with E-state index >= 15 is 0 Å². The van der Waals surface area contributed by atoms with Gasteiger partial charge in [-0.25, -0.2) is 4.98 Å². The van der Waals surface area contributed by atoms with Gasteiger partial charge in [0.15, 0.2) is 0 Å². The summed E-state index contributed by atoms with van der Waals surface area (Å²) in [6.07, 6.45) is 2.89. The van der Waals surface area contributed by atoms with Crippen LogP contribution in [0.15, 0.2) is 42.2 Å². The van der Waals surface area contributed by atoms with Gasteiger partial charge in [-0.2, -0.15) is 5.10 Å². The van der Waals surface area contributed by atoms with Crippen LogP contribution in [0.5, 0.6) is 0 Å². The number of carbonyl (C=O) groups excluding carboxylic acids is 2. The van der Waals surface area contributed by atoms with Gasteiger partial charge in [0.05, 0.1) is 22.2 Å². The molecule has 8 nitrogen and oxygen atoms in total. The van der Waals surface area contributed by atoms with Gasteiger partial charge >= 0.3 is 0 Å². The Morgan fingerprint density at radius 3 is 2.71 bits per heavy atom. The third-order valence-electron chi connectivity index (χ3n) is 6.36. The topological polar surface area (TPSA) is 100 Å². The van der Waals surface area contributed by atoms with Crippen LogP contribution in [0.1, 0.15) is 43.1 Å². The maximum atomic E-state index is 13.4. The Morgan fingerprint density at radius 1 is 1.29 bits per heavy atom. The van der Waals surface area contributed by atoms with E-state index in [2.05, 4.69) is 21.5 Å². The molecule has 1 fully saturated rings. The third kappa shape index (κ3) is 4.90. The molecule has 0 spiro atoms. The standard InChI is InChI=1S/C25H31N5O3S/c1-15(2)22(30-9-5-8-28-30)25(33)29-13-20(31)11-21(29)24(32)26-12-19-7-6-18(10-16(19)3)23-17(4)27-14-34-23/h5-10,14-15,20-22,31H,11-13H2,1-4H3,(H,26,32)/t20-,21+,22+/m1/s1. The quantitative estimate of drug-likeness (QED) is 0.540. The van der Waals surface area contributed by atoms with Crippen LogP contribution in [0.3, 0.4) is 0 Å². The summed E-state index contributed by atoms with van der Waals surface area (Å²) in [6.45, 7) is 8.41. The highest BCUT2D eigenvalue weighted by Crippen LogP contribution is 2.29. The summed E-state index contributed by atoms with van der Waals surface area (Å²) >= 11 is 1.61. The molecule has 3 aromatic rings. The Hall–Kier alpha value is -3.04. The second-order valence-electron chi connectivity index (χ2n) is 9.20. The molecular weight excluding hydrogens is 450 g/mol. The van der Waals surface area contributed by atoms with Crippen molar-refractivity contribution in [2.45, 2.75) is 58.8 Å². The van der Waals surface area contributed by atoms with Gasteiger partial charge in [-0.1, -0.05) is 32.0 Å². The average molecular weight is 482 g/mol. The van der Waals surface area contributed by atoms with Crippen LogP contribution in [-0.4, -0.2) is 55.3 Å². The molecule has 2 aromatic heterocycles. The lowest BCUT2D eigenvalue weighted by Crippen LogP contribution is -2.49. The minimum absolute atomic E-state index is 0.0165. The molecule has 1 aliphatic heterocycles. The molecule has 1 aliphatic rings. The summed E-state index contributed by atoms with van der Waals surface area (Å²) in [5.74, 6) is -0.470. The van der Waals surface area contributed by atoms with E-state index in [-0.39, 0.29) is 30.7 Å². The molecule has 34 heavy (non-hydrogen) atoms. The summed E-state index contributed by atoms with van der Waals surface area (Å²) in [5, 5.41) is 17.5. The van der Waals surface area contributed by atoms with Crippen molar-refractivity contribution in [3.05, 3.63) is 59.0 Å². The molecule has 3 heterocycles. The minimum atomic E-state index is -0.728. The number of thiazole rings is 1. The van der Waals surface area contributed by atoms with Crippen LogP contribution in [0.4, 0.5) is 0 Å². The summed E-state index contributed by atoms with van der Waals surface area (Å²) < 4.78 is 1.63. The van der Waals surface area contributed by atoms with E-state index in [0.29, 0.717) is 6.54 Å². The van der Waals surface area contributed by atoms with Crippen molar-refractivity contribution in [3.8, 4) is 10.4 Å².